The van der Waals surface area contributed by atoms with Crippen molar-refractivity contribution in [2.75, 3.05) is 7.05 Å². The fourth-order valence-electron chi connectivity index (χ4n) is 8.27. The summed E-state index contributed by atoms with van der Waals surface area (Å²) in [6.07, 6.45) is 6.49. The second-order valence-electron chi connectivity index (χ2n) is 14.6. The summed E-state index contributed by atoms with van der Waals surface area (Å²) in [7, 11) is 2.09. The molecule has 0 amide bonds. The molecule has 5 nitrogen and oxygen atoms in total. The second kappa shape index (κ2) is 14.4. The number of aromatic nitrogens is 1. The van der Waals surface area contributed by atoms with Gasteiger partial charge < -0.3 is 9.47 Å². The van der Waals surface area contributed by atoms with Crippen LogP contribution in [0.25, 0.3) is 38.6 Å². The van der Waals surface area contributed by atoms with Crippen LogP contribution < -0.4 is 4.58 Å². The molecule has 272 valence electrons. The molecular formula is C52H40N5+. The van der Waals surface area contributed by atoms with Crippen molar-refractivity contribution in [3.63, 3.8) is 0 Å². The lowest BCUT2D eigenvalue weighted by Gasteiger charge is -2.32. The van der Waals surface area contributed by atoms with Crippen LogP contribution in [0.2, 0.25) is 0 Å². The van der Waals surface area contributed by atoms with Crippen LogP contribution >= 0.6 is 0 Å². The van der Waals surface area contributed by atoms with E-state index in [1.807, 2.05) is 24.3 Å². The first kappa shape index (κ1) is 34.1. The maximum atomic E-state index is 5.28. The number of benzene rings is 7. The van der Waals surface area contributed by atoms with E-state index in [0.717, 1.165) is 56.3 Å². The van der Waals surface area contributed by atoms with E-state index in [9.17, 15) is 0 Å². The molecule has 0 saturated heterocycles. The van der Waals surface area contributed by atoms with Gasteiger partial charge in [-0.05, 0) is 65.6 Å². The van der Waals surface area contributed by atoms with Crippen molar-refractivity contribution in [3.05, 3.63) is 222 Å². The van der Waals surface area contributed by atoms with E-state index in [-0.39, 0.29) is 6.17 Å². The van der Waals surface area contributed by atoms with Gasteiger partial charge in [0.25, 0.3) is 0 Å². The predicted molar refractivity (Wildman–Crippen MR) is 239 cm³/mol. The van der Waals surface area contributed by atoms with Crippen molar-refractivity contribution in [2.45, 2.75) is 13.1 Å². The number of allylic oxidation sites excluding steroid dienone is 4. The summed E-state index contributed by atoms with van der Waals surface area (Å²) >= 11 is 0. The molecule has 10 rings (SSSR count). The Morgan fingerprint density at radius 2 is 1.26 bits per heavy atom. The zero-order valence-corrected chi connectivity index (χ0v) is 31.9. The van der Waals surface area contributed by atoms with Gasteiger partial charge in [0.1, 0.15) is 5.84 Å². The first-order chi connectivity index (χ1) is 28.1. The molecule has 0 spiro atoms. The van der Waals surface area contributed by atoms with Gasteiger partial charge >= 0.3 is 0 Å². The smallest absolute Gasteiger partial charge is 0.218 e. The van der Waals surface area contributed by atoms with Gasteiger partial charge in [-0.15, -0.1) is 0 Å². The fraction of sp³-hybridized carbons (Fsp3) is 0.0577. The highest BCUT2D eigenvalue weighted by Gasteiger charge is 2.27. The second-order valence-corrected chi connectivity index (χ2v) is 14.6. The van der Waals surface area contributed by atoms with Crippen molar-refractivity contribution in [3.8, 4) is 5.69 Å². The average molecular weight is 735 g/mol. The lowest BCUT2D eigenvalue weighted by atomic mass is 9.96. The topological polar surface area (TPSA) is 35.9 Å². The van der Waals surface area contributed by atoms with E-state index in [1.165, 1.54) is 33.2 Å². The summed E-state index contributed by atoms with van der Waals surface area (Å²) in [6, 6.07) is 64.3. The fourth-order valence-corrected chi connectivity index (χ4v) is 8.27. The molecule has 1 atom stereocenters. The number of aliphatic imine (C=N–C) groups is 2. The molecule has 0 saturated carbocycles. The third-order valence-electron chi connectivity index (χ3n) is 11.1. The quantitative estimate of drug-likeness (QED) is 0.157. The Morgan fingerprint density at radius 3 is 2.07 bits per heavy atom. The zero-order valence-electron chi connectivity index (χ0n) is 31.9. The van der Waals surface area contributed by atoms with Crippen molar-refractivity contribution >= 4 is 62.2 Å². The molecule has 3 heterocycles. The number of rotatable bonds is 6. The molecule has 1 unspecified atom stereocenters. The van der Waals surface area contributed by atoms with Gasteiger partial charge in [-0.1, -0.05) is 133 Å². The molecule has 2 aliphatic rings. The van der Waals surface area contributed by atoms with Gasteiger partial charge in [0.05, 0.1) is 11.0 Å². The van der Waals surface area contributed by atoms with Crippen LogP contribution in [-0.2, 0) is 0 Å². The minimum atomic E-state index is -0.273. The standard InChI is InChI=1S/C52H40N5/c1-36-33-40(31-32-56(42-22-10-5-11-23-42)47-27-14-12-25-44(36)47)39-29-30-49-46(35-39)45-26-13-15-28-48(45)57(49)43-24-16-21-41(34-43)52-54-50(37-17-6-3-7-18-37)53-51(55(52)2)38-19-8-4-9-20-38/h3-35,52H,1-2H3/q+1/b32-31?,36-33+,40-31+,40-33?,44-36?. The number of para-hydroxylation sites is 3. The minimum Gasteiger partial charge on any atom is -0.333 e. The Hall–Kier alpha value is -7.37. The first-order valence-electron chi connectivity index (χ1n) is 19.4. The summed E-state index contributed by atoms with van der Waals surface area (Å²) in [5.74, 6) is 1.62. The summed E-state index contributed by atoms with van der Waals surface area (Å²) in [6.45, 7) is 2.21. The molecular weight excluding hydrogens is 695 g/mol. The van der Waals surface area contributed by atoms with Crippen LogP contribution in [0.15, 0.2) is 204 Å². The van der Waals surface area contributed by atoms with Gasteiger partial charge in [-0.3, -0.25) is 0 Å². The van der Waals surface area contributed by atoms with Gasteiger partial charge in [0.2, 0.25) is 11.4 Å². The molecule has 5 heteroatoms. The van der Waals surface area contributed by atoms with Crippen LogP contribution in [0.3, 0.4) is 0 Å². The summed E-state index contributed by atoms with van der Waals surface area (Å²) in [5.41, 5.74) is 13.6. The number of nitrogens with zero attached hydrogens (tertiary/aromatic N) is 5. The Kier molecular flexibility index (Phi) is 8.61. The summed E-state index contributed by atoms with van der Waals surface area (Å²) < 4.78 is 4.68. The Balaban J connectivity index is 1.09. The number of hydrogen-bond donors (Lipinski definition) is 0. The monoisotopic (exact) mass is 734 g/mol. The average Bonchev–Trinajstić information content (AvgIpc) is 3.60. The van der Waals surface area contributed by atoms with E-state index in [1.54, 1.807) is 0 Å². The summed E-state index contributed by atoms with van der Waals surface area (Å²) in [4.78, 5) is 12.6. The molecule has 1 aromatic heterocycles. The Bertz CT molecular complexity index is 2970. The third kappa shape index (κ3) is 6.20. The van der Waals surface area contributed by atoms with E-state index >= 15 is 0 Å². The van der Waals surface area contributed by atoms with Crippen molar-refractivity contribution in [1.29, 1.82) is 0 Å². The molecule has 0 bridgehead atoms. The highest BCUT2D eigenvalue weighted by molar-refractivity contribution is 6.13. The minimum absolute atomic E-state index is 0.273. The number of hydrogen-bond acceptors (Lipinski definition) is 3. The van der Waals surface area contributed by atoms with E-state index < -0.39 is 0 Å². The van der Waals surface area contributed by atoms with E-state index in [2.05, 4.69) is 204 Å². The summed E-state index contributed by atoms with van der Waals surface area (Å²) in [5, 5.41) is 2.42. The molecule has 2 aliphatic heterocycles. The SMILES string of the molecule is C/C1=C\C(c2ccc3c(c2)c2ccccc2n3-c2cccc(C3N=C(c4ccccc4)N=C(c4ccccc4)N3C)c2)=C/C=[N+](c2ccccc2)c2ccccc21. The van der Waals surface area contributed by atoms with E-state index in [4.69, 9.17) is 9.98 Å². The van der Waals surface area contributed by atoms with Gasteiger partial charge in [0.15, 0.2) is 18.2 Å². The molecule has 7 aromatic carbocycles. The van der Waals surface area contributed by atoms with Crippen LogP contribution in [0.4, 0.5) is 11.4 Å². The highest BCUT2D eigenvalue weighted by atomic mass is 15.3. The van der Waals surface area contributed by atoms with Crippen LogP contribution in [0.1, 0.15) is 40.9 Å². The van der Waals surface area contributed by atoms with Crippen molar-refractivity contribution in [2.24, 2.45) is 9.98 Å². The van der Waals surface area contributed by atoms with Crippen molar-refractivity contribution < 1.29 is 0 Å². The van der Waals surface area contributed by atoms with Crippen LogP contribution in [-0.4, -0.2) is 34.4 Å². The molecule has 0 N–H and O–H groups in total. The number of amidine groups is 2. The lowest BCUT2D eigenvalue weighted by Crippen LogP contribution is -2.35. The Morgan fingerprint density at radius 1 is 0.579 bits per heavy atom. The van der Waals surface area contributed by atoms with Gasteiger partial charge in [-0.25, -0.2) is 9.98 Å². The normalized spacial score (nSPS) is 17.3. The third-order valence-corrected chi connectivity index (χ3v) is 11.1. The molecule has 0 fully saturated rings. The maximum absolute atomic E-state index is 5.28. The van der Waals surface area contributed by atoms with Crippen molar-refractivity contribution in [1.82, 2.24) is 14.0 Å². The maximum Gasteiger partial charge on any atom is 0.218 e. The van der Waals surface area contributed by atoms with Crippen LogP contribution in [0, 0.1) is 0 Å². The van der Waals surface area contributed by atoms with Gasteiger partial charge in [0, 0.05) is 64.5 Å². The largest absolute Gasteiger partial charge is 0.333 e. The van der Waals surface area contributed by atoms with Crippen LogP contribution in [0.5, 0.6) is 0 Å². The lowest BCUT2D eigenvalue weighted by molar-refractivity contribution is 0.383. The Labute approximate surface area is 332 Å². The molecule has 8 aromatic rings. The first-order valence-corrected chi connectivity index (χ1v) is 19.4. The van der Waals surface area contributed by atoms with Gasteiger partial charge in [-0.2, -0.15) is 4.58 Å². The zero-order chi connectivity index (χ0) is 38.3. The highest BCUT2D eigenvalue weighted by Crippen LogP contribution is 2.38. The van der Waals surface area contributed by atoms with E-state index in [0.29, 0.717) is 0 Å². The molecule has 0 aliphatic carbocycles. The predicted octanol–water partition coefficient (Wildman–Crippen LogP) is 12.0. The molecule has 0 radical (unpaired) electrons. The number of fused-ring (bicyclic) bond motifs is 4. The molecule has 57 heavy (non-hydrogen) atoms.